The van der Waals surface area contributed by atoms with Crippen molar-refractivity contribution in [3.8, 4) is 0 Å². The summed E-state index contributed by atoms with van der Waals surface area (Å²) in [5.41, 5.74) is 1.85. The molecule has 1 aromatic rings. The van der Waals surface area contributed by atoms with Crippen molar-refractivity contribution in [2.24, 2.45) is 29.6 Å². The fraction of sp³-hybridized carbons (Fsp3) is 0.548. The van der Waals surface area contributed by atoms with Crippen LogP contribution in [0.3, 0.4) is 0 Å². The van der Waals surface area contributed by atoms with Gasteiger partial charge in [0.2, 0.25) is 0 Å². The molecule has 5 N–H and O–H groups in total. The van der Waals surface area contributed by atoms with Gasteiger partial charge in [-0.3, -0.25) is 4.79 Å². The Kier molecular flexibility index (Phi) is 10.6. The van der Waals surface area contributed by atoms with Crippen molar-refractivity contribution in [3.63, 3.8) is 0 Å². The molecule has 0 spiro atoms. The van der Waals surface area contributed by atoms with E-state index in [0.717, 1.165) is 24.0 Å². The third kappa shape index (κ3) is 6.18. The van der Waals surface area contributed by atoms with Crippen LogP contribution in [0.15, 0.2) is 65.9 Å². The van der Waals surface area contributed by atoms with Gasteiger partial charge in [0, 0.05) is 17.7 Å². The van der Waals surface area contributed by atoms with Crippen molar-refractivity contribution in [2.45, 2.75) is 64.2 Å². The van der Waals surface area contributed by atoms with Crippen molar-refractivity contribution >= 4 is 12.1 Å². The van der Waals surface area contributed by atoms with Gasteiger partial charge in [-0.25, -0.2) is 0 Å². The minimum atomic E-state index is -0.952. The number of Topliss-reactive ketones (excluding diaryl/α,β-unsaturated/α-hetero) is 1. The van der Waals surface area contributed by atoms with Crippen LogP contribution in [-0.2, 0) is 4.79 Å². The van der Waals surface area contributed by atoms with Crippen LogP contribution in [0, 0.1) is 29.6 Å². The van der Waals surface area contributed by atoms with Gasteiger partial charge in [0.1, 0.15) is 6.29 Å². The zero-order valence-electron chi connectivity index (χ0n) is 23.0. The molecule has 2 aliphatic rings. The normalized spacial score (nSPS) is 30.3. The summed E-state index contributed by atoms with van der Waals surface area (Å²) in [5.74, 6) is -0.441. The second kappa shape index (κ2) is 13.5. The quantitative estimate of drug-likeness (QED) is 0.116. The largest absolute Gasteiger partial charge is 0.396 e. The molecule has 7 nitrogen and oxygen atoms in total. The van der Waals surface area contributed by atoms with Gasteiger partial charge in [-0.2, -0.15) is 0 Å². The highest BCUT2D eigenvalue weighted by Gasteiger charge is 2.55. The average molecular weight is 525 g/mol. The maximum Gasteiger partial charge on any atom is 0.184 e. The number of carbonyl (C=O) groups excluding carboxylic acids is 2. The van der Waals surface area contributed by atoms with Crippen LogP contribution in [0.5, 0.6) is 0 Å². The molecule has 1 aromatic heterocycles. The number of carbonyl (C=O) groups is 2. The van der Waals surface area contributed by atoms with E-state index in [1.165, 1.54) is 0 Å². The number of aromatic amines is 1. The Bertz CT molecular complexity index is 1060. The second-order valence-electron chi connectivity index (χ2n) is 10.8. The molecular formula is C31H44N2O5. The first-order valence-electron chi connectivity index (χ1n) is 13.7. The molecule has 208 valence electrons. The monoisotopic (exact) mass is 524 g/mol. The van der Waals surface area contributed by atoms with E-state index in [-0.39, 0.29) is 35.5 Å². The highest BCUT2D eigenvalue weighted by Crippen LogP contribution is 2.51. The van der Waals surface area contributed by atoms with Crippen LogP contribution in [0.25, 0.3) is 0 Å². The molecule has 0 amide bonds. The fourth-order valence-corrected chi connectivity index (χ4v) is 6.31. The first-order chi connectivity index (χ1) is 18.2. The number of fused-ring (bicyclic) bond motifs is 1. The van der Waals surface area contributed by atoms with Crippen LogP contribution in [-0.4, -0.2) is 63.8 Å². The Morgan fingerprint density at radius 3 is 2.68 bits per heavy atom. The van der Waals surface area contributed by atoms with Crippen LogP contribution in [0.1, 0.15) is 56.9 Å². The molecule has 3 rings (SSSR count). The third-order valence-electron chi connectivity index (χ3n) is 8.66. The van der Waals surface area contributed by atoms with Gasteiger partial charge in [-0.15, -0.1) is 0 Å². The number of aliphatic hydroxyl groups excluding tert-OH is 3. The maximum atomic E-state index is 13.9. The SMILES string of the molecule is CC/C(=C\[C@@H]1C=C[C@@H]2[C@@H](C)CC[C@@]2(NC)C1C(=O)c1ccc[nH]1)C(O)/C(C)=C/C=C\CC(O)C(C=O)CO. The van der Waals surface area contributed by atoms with Crippen molar-refractivity contribution in [2.75, 3.05) is 13.7 Å². The molecule has 7 heteroatoms. The summed E-state index contributed by atoms with van der Waals surface area (Å²) in [6.07, 6.45) is 15.1. The topological polar surface area (TPSA) is 123 Å². The number of nitrogens with one attached hydrogen (secondary N) is 2. The Morgan fingerprint density at radius 1 is 1.32 bits per heavy atom. The standard InChI is InChI=1S/C31H44N2O5/c1-5-22(29(37)21(3)9-6-7-11-27(36)24(18-34)19-35)17-23-12-13-25-20(2)14-15-31(25,32-4)28(23)30(38)26-10-8-16-33-26/h6-10,12-13,16-18,20,23-25,27-29,32-33,35-37H,5,11,14-15,19H2,1-4H3/b7-6-,21-9+,22-17+/t20-,23-,24?,25+,27?,28?,29?,31-/m0/s1. The average Bonchev–Trinajstić information content (AvgIpc) is 3.58. The van der Waals surface area contributed by atoms with E-state index in [1.807, 2.05) is 33.0 Å². The van der Waals surface area contributed by atoms with E-state index in [2.05, 4.69) is 35.5 Å². The molecule has 1 heterocycles. The number of allylic oxidation sites excluding steroid dienone is 4. The molecule has 4 unspecified atom stereocenters. The summed E-state index contributed by atoms with van der Waals surface area (Å²) in [7, 11) is 1.96. The molecule has 1 fully saturated rings. The maximum absolute atomic E-state index is 13.9. The van der Waals surface area contributed by atoms with Crippen molar-refractivity contribution in [1.82, 2.24) is 10.3 Å². The van der Waals surface area contributed by atoms with E-state index < -0.39 is 24.7 Å². The number of rotatable bonds is 13. The molecule has 38 heavy (non-hydrogen) atoms. The van der Waals surface area contributed by atoms with Gasteiger partial charge in [-0.1, -0.05) is 50.3 Å². The molecule has 2 aliphatic carbocycles. The Labute approximate surface area is 226 Å². The summed E-state index contributed by atoms with van der Waals surface area (Å²) < 4.78 is 0. The van der Waals surface area contributed by atoms with Crippen LogP contribution in [0.4, 0.5) is 0 Å². The van der Waals surface area contributed by atoms with Crippen molar-refractivity contribution < 1.29 is 24.9 Å². The number of aliphatic hydroxyl groups is 3. The highest BCUT2D eigenvalue weighted by molar-refractivity contribution is 5.98. The molecule has 0 aromatic carbocycles. The summed E-state index contributed by atoms with van der Waals surface area (Å²) in [5, 5.41) is 33.9. The molecular weight excluding hydrogens is 480 g/mol. The van der Waals surface area contributed by atoms with E-state index >= 15 is 0 Å². The lowest BCUT2D eigenvalue weighted by Gasteiger charge is -2.47. The predicted molar refractivity (Wildman–Crippen MR) is 149 cm³/mol. The predicted octanol–water partition coefficient (Wildman–Crippen LogP) is 3.76. The first-order valence-corrected chi connectivity index (χ1v) is 13.7. The van der Waals surface area contributed by atoms with Gasteiger partial charge >= 0.3 is 0 Å². The minimum absolute atomic E-state index is 0.0873. The molecule has 0 aliphatic heterocycles. The fourth-order valence-electron chi connectivity index (χ4n) is 6.31. The second-order valence-corrected chi connectivity index (χ2v) is 10.8. The molecule has 8 atom stereocenters. The Balaban J connectivity index is 1.87. The number of hydrogen-bond acceptors (Lipinski definition) is 6. The van der Waals surface area contributed by atoms with Crippen LogP contribution in [0.2, 0.25) is 0 Å². The van der Waals surface area contributed by atoms with Gasteiger partial charge in [0.25, 0.3) is 0 Å². The van der Waals surface area contributed by atoms with Gasteiger partial charge in [-0.05, 0) is 74.8 Å². The lowest BCUT2D eigenvalue weighted by atomic mass is 9.62. The zero-order valence-corrected chi connectivity index (χ0v) is 23.0. The smallest absolute Gasteiger partial charge is 0.184 e. The van der Waals surface area contributed by atoms with E-state index in [9.17, 15) is 19.8 Å². The van der Waals surface area contributed by atoms with Gasteiger partial charge in [0.15, 0.2) is 5.78 Å². The first kappa shape index (κ1) is 30.0. The molecule has 0 bridgehead atoms. The van der Waals surface area contributed by atoms with Crippen molar-refractivity contribution in [3.05, 3.63) is 71.6 Å². The van der Waals surface area contributed by atoms with Crippen molar-refractivity contribution in [1.29, 1.82) is 0 Å². The number of ketones is 1. The summed E-state index contributed by atoms with van der Waals surface area (Å²) in [6, 6.07) is 3.68. The molecule has 0 saturated heterocycles. The Hall–Kier alpha value is -2.58. The summed E-state index contributed by atoms with van der Waals surface area (Å²) in [6.45, 7) is 5.71. The highest BCUT2D eigenvalue weighted by atomic mass is 16.3. The van der Waals surface area contributed by atoms with Gasteiger partial charge < -0.3 is 30.4 Å². The summed E-state index contributed by atoms with van der Waals surface area (Å²) >= 11 is 0. The van der Waals surface area contributed by atoms with Crippen LogP contribution < -0.4 is 5.32 Å². The van der Waals surface area contributed by atoms with E-state index in [4.69, 9.17) is 5.11 Å². The van der Waals surface area contributed by atoms with Gasteiger partial charge in [0.05, 0.1) is 36.3 Å². The molecule has 1 saturated carbocycles. The van der Waals surface area contributed by atoms with E-state index in [0.29, 0.717) is 24.3 Å². The number of aldehydes is 1. The number of aromatic nitrogens is 1. The minimum Gasteiger partial charge on any atom is -0.396 e. The summed E-state index contributed by atoms with van der Waals surface area (Å²) in [4.78, 5) is 27.9. The number of H-pyrrole nitrogens is 1. The lowest BCUT2D eigenvalue weighted by Crippen LogP contribution is -2.59. The lowest BCUT2D eigenvalue weighted by molar-refractivity contribution is -0.115. The van der Waals surface area contributed by atoms with E-state index in [1.54, 1.807) is 24.4 Å². The number of hydrogen-bond donors (Lipinski definition) is 5. The zero-order chi connectivity index (χ0) is 27.9. The Morgan fingerprint density at radius 2 is 2.08 bits per heavy atom. The van der Waals surface area contributed by atoms with Crippen LogP contribution >= 0.6 is 0 Å². The molecule has 0 radical (unpaired) electrons. The third-order valence-corrected chi connectivity index (χ3v) is 8.66.